The molecule has 0 saturated heterocycles. The molecule has 0 aliphatic rings. The standard InChI is InChI=1S/C18H24N2O/c1-3-12-20-17(4-2)16-10-5-6-11-18(16)21-14-15-9-7-8-13-19-15/h5-11,13,17,20H,3-4,12,14H2,1-2H3. The van der Waals surface area contributed by atoms with Crippen molar-refractivity contribution in [2.75, 3.05) is 6.54 Å². The van der Waals surface area contributed by atoms with Crippen molar-refractivity contribution >= 4 is 0 Å². The number of para-hydroxylation sites is 1. The van der Waals surface area contributed by atoms with E-state index in [-0.39, 0.29) is 0 Å². The monoisotopic (exact) mass is 284 g/mol. The predicted molar refractivity (Wildman–Crippen MR) is 86.3 cm³/mol. The molecule has 0 spiro atoms. The second-order valence-corrected chi connectivity index (χ2v) is 5.06. The number of hydrogen-bond acceptors (Lipinski definition) is 3. The molecule has 1 unspecified atom stereocenters. The maximum atomic E-state index is 5.98. The minimum absolute atomic E-state index is 0.338. The molecule has 21 heavy (non-hydrogen) atoms. The lowest BCUT2D eigenvalue weighted by molar-refractivity contribution is 0.294. The van der Waals surface area contributed by atoms with Crippen molar-refractivity contribution < 1.29 is 4.74 Å². The molecule has 3 nitrogen and oxygen atoms in total. The summed E-state index contributed by atoms with van der Waals surface area (Å²) in [5.74, 6) is 0.943. The van der Waals surface area contributed by atoms with E-state index >= 15 is 0 Å². The van der Waals surface area contributed by atoms with Crippen molar-refractivity contribution in [3.8, 4) is 5.75 Å². The normalized spacial score (nSPS) is 12.1. The van der Waals surface area contributed by atoms with Crippen LogP contribution < -0.4 is 10.1 Å². The fourth-order valence-electron chi connectivity index (χ4n) is 2.33. The Hall–Kier alpha value is -1.87. The van der Waals surface area contributed by atoms with Crippen LogP contribution in [-0.2, 0) is 6.61 Å². The summed E-state index contributed by atoms with van der Waals surface area (Å²) in [6, 6.07) is 14.5. The van der Waals surface area contributed by atoms with Gasteiger partial charge in [-0.3, -0.25) is 4.98 Å². The fourth-order valence-corrected chi connectivity index (χ4v) is 2.33. The maximum absolute atomic E-state index is 5.98. The lowest BCUT2D eigenvalue weighted by Gasteiger charge is -2.20. The summed E-state index contributed by atoms with van der Waals surface area (Å²) in [6.45, 7) is 5.90. The Morgan fingerprint density at radius 3 is 2.62 bits per heavy atom. The highest BCUT2D eigenvalue weighted by Crippen LogP contribution is 2.27. The van der Waals surface area contributed by atoms with Gasteiger partial charge in [-0.2, -0.15) is 0 Å². The number of pyridine rings is 1. The number of ether oxygens (including phenoxy) is 1. The molecule has 3 heteroatoms. The molecule has 2 rings (SSSR count). The van der Waals surface area contributed by atoms with Crippen molar-refractivity contribution in [2.45, 2.75) is 39.3 Å². The van der Waals surface area contributed by atoms with Gasteiger partial charge in [-0.1, -0.05) is 38.1 Å². The number of aromatic nitrogens is 1. The van der Waals surface area contributed by atoms with Crippen molar-refractivity contribution in [1.82, 2.24) is 10.3 Å². The molecule has 2 aromatic rings. The Labute approximate surface area is 127 Å². The Kier molecular flexibility index (Phi) is 6.22. The van der Waals surface area contributed by atoms with E-state index < -0.39 is 0 Å². The quantitative estimate of drug-likeness (QED) is 0.792. The Bertz CT molecular complexity index is 528. The molecule has 1 aromatic carbocycles. The van der Waals surface area contributed by atoms with Crippen LogP contribution in [0.25, 0.3) is 0 Å². The van der Waals surface area contributed by atoms with Crippen molar-refractivity contribution in [1.29, 1.82) is 0 Å². The molecular weight excluding hydrogens is 260 g/mol. The van der Waals surface area contributed by atoms with E-state index in [1.165, 1.54) is 5.56 Å². The molecule has 1 heterocycles. The van der Waals surface area contributed by atoms with Gasteiger partial charge >= 0.3 is 0 Å². The summed E-state index contributed by atoms with van der Waals surface area (Å²) in [6.07, 6.45) is 3.97. The van der Waals surface area contributed by atoms with Crippen LogP contribution in [0.5, 0.6) is 5.75 Å². The lowest BCUT2D eigenvalue weighted by Crippen LogP contribution is -2.22. The number of nitrogens with one attached hydrogen (secondary N) is 1. The molecule has 112 valence electrons. The number of benzene rings is 1. The van der Waals surface area contributed by atoms with Gasteiger partial charge in [-0.15, -0.1) is 0 Å². The minimum Gasteiger partial charge on any atom is -0.487 e. The first-order valence-electron chi connectivity index (χ1n) is 7.70. The van der Waals surface area contributed by atoms with Crippen molar-refractivity contribution in [3.63, 3.8) is 0 Å². The van der Waals surface area contributed by atoms with Crippen LogP contribution in [0.2, 0.25) is 0 Å². The number of nitrogens with zero attached hydrogens (tertiary/aromatic N) is 1. The smallest absolute Gasteiger partial charge is 0.130 e. The van der Waals surface area contributed by atoms with Gasteiger partial charge < -0.3 is 10.1 Å². The lowest BCUT2D eigenvalue weighted by atomic mass is 10.0. The average molecular weight is 284 g/mol. The van der Waals surface area contributed by atoms with Crippen LogP contribution in [0.3, 0.4) is 0 Å². The van der Waals surface area contributed by atoms with E-state index in [0.29, 0.717) is 12.6 Å². The van der Waals surface area contributed by atoms with E-state index in [0.717, 1.165) is 30.8 Å². The highest BCUT2D eigenvalue weighted by atomic mass is 16.5. The Balaban J connectivity index is 2.08. The van der Waals surface area contributed by atoms with E-state index in [4.69, 9.17) is 4.74 Å². The van der Waals surface area contributed by atoms with Crippen molar-refractivity contribution in [2.24, 2.45) is 0 Å². The van der Waals surface area contributed by atoms with Gasteiger partial charge in [0.1, 0.15) is 12.4 Å². The summed E-state index contributed by atoms with van der Waals surface area (Å²) in [5, 5.41) is 3.58. The second-order valence-electron chi connectivity index (χ2n) is 5.06. The van der Waals surface area contributed by atoms with E-state index in [2.05, 4.69) is 36.3 Å². The molecule has 0 saturated carbocycles. The summed E-state index contributed by atoms with van der Waals surface area (Å²) < 4.78 is 5.98. The molecule has 0 aliphatic heterocycles. The zero-order valence-electron chi connectivity index (χ0n) is 12.9. The predicted octanol–water partition coefficient (Wildman–Crippen LogP) is 4.11. The second kappa shape index (κ2) is 8.42. The summed E-state index contributed by atoms with van der Waals surface area (Å²) in [5.41, 5.74) is 2.17. The zero-order valence-corrected chi connectivity index (χ0v) is 12.9. The number of rotatable bonds is 8. The first-order chi connectivity index (χ1) is 10.3. The minimum atomic E-state index is 0.338. The highest BCUT2D eigenvalue weighted by Gasteiger charge is 2.13. The number of hydrogen-bond donors (Lipinski definition) is 1. The third kappa shape index (κ3) is 4.57. The summed E-state index contributed by atoms with van der Waals surface area (Å²) in [4.78, 5) is 4.30. The molecule has 0 bridgehead atoms. The van der Waals surface area contributed by atoms with Gasteiger partial charge in [0, 0.05) is 17.8 Å². The molecule has 1 aromatic heterocycles. The third-order valence-electron chi connectivity index (χ3n) is 3.45. The van der Waals surface area contributed by atoms with Gasteiger partial charge in [0.15, 0.2) is 0 Å². The van der Waals surface area contributed by atoms with Gasteiger partial charge in [0.05, 0.1) is 5.69 Å². The Morgan fingerprint density at radius 2 is 1.90 bits per heavy atom. The highest BCUT2D eigenvalue weighted by molar-refractivity contribution is 5.36. The van der Waals surface area contributed by atoms with Gasteiger partial charge in [0.25, 0.3) is 0 Å². The Morgan fingerprint density at radius 1 is 1.10 bits per heavy atom. The average Bonchev–Trinajstić information content (AvgIpc) is 2.55. The molecular formula is C18H24N2O. The molecule has 0 radical (unpaired) electrons. The van der Waals surface area contributed by atoms with Gasteiger partial charge in [-0.25, -0.2) is 0 Å². The first kappa shape index (κ1) is 15.5. The zero-order chi connectivity index (χ0) is 14.9. The molecule has 0 fully saturated rings. The van der Waals surface area contributed by atoms with E-state index in [1.54, 1.807) is 6.20 Å². The third-order valence-corrected chi connectivity index (χ3v) is 3.45. The maximum Gasteiger partial charge on any atom is 0.130 e. The van der Waals surface area contributed by atoms with Crippen LogP contribution in [0.15, 0.2) is 48.7 Å². The van der Waals surface area contributed by atoms with Gasteiger partial charge in [-0.05, 0) is 37.6 Å². The summed E-state index contributed by atoms with van der Waals surface area (Å²) in [7, 11) is 0. The first-order valence-corrected chi connectivity index (χ1v) is 7.70. The molecule has 0 amide bonds. The van der Waals surface area contributed by atoms with E-state index in [1.807, 2.05) is 30.3 Å². The van der Waals surface area contributed by atoms with Crippen LogP contribution in [0.1, 0.15) is 44.0 Å². The van der Waals surface area contributed by atoms with Crippen LogP contribution >= 0.6 is 0 Å². The van der Waals surface area contributed by atoms with Crippen LogP contribution in [0, 0.1) is 0 Å². The fraction of sp³-hybridized carbons (Fsp3) is 0.389. The van der Waals surface area contributed by atoms with E-state index in [9.17, 15) is 0 Å². The molecule has 0 aliphatic carbocycles. The largest absolute Gasteiger partial charge is 0.487 e. The SMILES string of the molecule is CCCNC(CC)c1ccccc1OCc1ccccn1. The van der Waals surface area contributed by atoms with Crippen LogP contribution in [-0.4, -0.2) is 11.5 Å². The summed E-state index contributed by atoms with van der Waals surface area (Å²) >= 11 is 0. The molecule has 1 N–H and O–H groups in total. The van der Waals surface area contributed by atoms with Gasteiger partial charge in [0.2, 0.25) is 0 Å². The van der Waals surface area contributed by atoms with Crippen molar-refractivity contribution in [3.05, 3.63) is 59.9 Å². The molecule has 1 atom stereocenters. The van der Waals surface area contributed by atoms with Crippen LogP contribution in [0.4, 0.5) is 0 Å². The topological polar surface area (TPSA) is 34.1 Å².